The molecule has 1 fully saturated rings. The van der Waals surface area contributed by atoms with Crippen LogP contribution in [0.1, 0.15) is 31.3 Å². The number of aryl methyl sites for hydroxylation is 1. The third-order valence-electron chi connectivity index (χ3n) is 3.41. The predicted octanol–water partition coefficient (Wildman–Crippen LogP) is 2.41. The fourth-order valence-electron chi connectivity index (χ4n) is 2.50. The molecule has 96 valence electrons. The zero-order valence-corrected chi connectivity index (χ0v) is 11.0. The predicted molar refractivity (Wildman–Crippen MR) is 70.0 cm³/mol. The molecule has 1 N–H and O–H groups in total. The number of furan rings is 1. The number of likely N-dealkylation sites (tertiary alicyclic amines) is 1. The lowest BCUT2D eigenvalue weighted by Crippen LogP contribution is -2.26. The lowest BCUT2D eigenvalue weighted by atomic mass is 10.1. The van der Waals surface area contributed by atoms with E-state index in [1.807, 2.05) is 13.0 Å². The topological polar surface area (TPSA) is 28.4 Å². The minimum Gasteiger partial charge on any atom is -0.465 e. The second-order valence-electron chi connectivity index (χ2n) is 5.11. The summed E-state index contributed by atoms with van der Waals surface area (Å²) in [6.07, 6.45) is 2.54. The molecule has 0 spiro atoms. The van der Waals surface area contributed by atoms with Crippen molar-refractivity contribution in [2.45, 2.75) is 33.2 Å². The first-order chi connectivity index (χ1) is 8.28. The van der Waals surface area contributed by atoms with Gasteiger partial charge in [0.1, 0.15) is 11.5 Å². The molecule has 1 atom stereocenters. The molecular formula is C14H24N2O. The molecule has 2 rings (SSSR count). The molecule has 0 amide bonds. The van der Waals surface area contributed by atoms with E-state index in [1.165, 1.54) is 32.5 Å². The molecule has 1 unspecified atom stereocenters. The number of hydrogen-bond acceptors (Lipinski definition) is 3. The van der Waals surface area contributed by atoms with Gasteiger partial charge in [-0.2, -0.15) is 0 Å². The summed E-state index contributed by atoms with van der Waals surface area (Å²) < 4.78 is 5.62. The van der Waals surface area contributed by atoms with Crippen molar-refractivity contribution in [3.63, 3.8) is 0 Å². The first kappa shape index (κ1) is 12.7. The first-order valence-electron chi connectivity index (χ1n) is 6.76. The van der Waals surface area contributed by atoms with Crippen LogP contribution in [-0.2, 0) is 6.54 Å². The minimum absolute atomic E-state index is 0.817. The maximum absolute atomic E-state index is 5.62. The Labute approximate surface area is 104 Å². The lowest BCUT2D eigenvalue weighted by molar-refractivity contribution is 0.283. The molecule has 1 aliphatic heterocycles. The average molecular weight is 236 g/mol. The smallest absolute Gasteiger partial charge is 0.118 e. The molecule has 1 aromatic heterocycles. The van der Waals surface area contributed by atoms with Crippen LogP contribution in [0.2, 0.25) is 0 Å². The van der Waals surface area contributed by atoms with E-state index in [0.29, 0.717) is 0 Å². The van der Waals surface area contributed by atoms with E-state index in [1.54, 1.807) is 0 Å². The highest BCUT2D eigenvalue weighted by Crippen LogP contribution is 2.19. The van der Waals surface area contributed by atoms with E-state index in [-0.39, 0.29) is 0 Å². The number of hydrogen-bond donors (Lipinski definition) is 1. The number of nitrogens with zero attached hydrogens (tertiary/aromatic N) is 1. The summed E-state index contributed by atoms with van der Waals surface area (Å²) in [5.41, 5.74) is 0. The van der Waals surface area contributed by atoms with Gasteiger partial charge in [0.05, 0.1) is 6.54 Å². The van der Waals surface area contributed by atoms with Gasteiger partial charge >= 0.3 is 0 Å². The van der Waals surface area contributed by atoms with E-state index < -0.39 is 0 Å². The van der Waals surface area contributed by atoms with E-state index in [0.717, 1.165) is 30.5 Å². The standard InChI is InChI=1S/C14H24N2O/c1-3-7-15-9-13-6-8-16(10-13)11-14-5-4-12(2)17-14/h4-5,13,15H,3,6-11H2,1-2H3. The highest BCUT2D eigenvalue weighted by atomic mass is 16.3. The van der Waals surface area contributed by atoms with Gasteiger partial charge in [0.25, 0.3) is 0 Å². The molecule has 2 heterocycles. The van der Waals surface area contributed by atoms with E-state index >= 15 is 0 Å². The number of rotatable bonds is 6. The summed E-state index contributed by atoms with van der Waals surface area (Å²) >= 11 is 0. The largest absolute Gasteiger partial charge is 0.465 e. The zero-order valence-electron chi connectivity index (χ0n) is 11.0. The first-order valence-corrected chi connectivity index (χ1v) is 6.76. The Morgan fingerprint density at radius 2 is 2.35 bits per heavy atom. The third-order valence-corrected chi connectivity index (χ3v) is 3.41. The van der Waals surface area contributed by atoms with Crippen molar-refractivity contribution in [1.29, 1.82) is 0 Å². The Bertz CT molecular complexity index is 335. The maximum atomic E-state index is 5.62. The molecule has 1 aromatic rings. The molecule has 0 saturated carbocycles. The van der Waals surface area contributed by atoms with E-state index in [9.17, 15) is 0 Å². The van der Waals surface area contributed by atoms with Crippen molar-refractivity contribution in [1.82, 2.24) is 10.2 Å². The van der Waals surface area contributed by atoms with Crippen molar-refractivity contribution in [2.24, 2.45) is 5.92 Å². The van der Waals surface area contributed by atoms with Gasteiger partial charge in [0.2, 0.25) is 0 Å². The fourth-order valence-corrected chi connectivity index (χ4v) is 2.50. The molecule has 0 bridgehead atoms. The van der Waals surface area contributed by atoms with Crippen molar-refractivity contribution >= 4 is 0 Å². The van der Waals surface area contributed by atoms with Crippen LogP contribution < -0.4 is 5.32 Å². The Morgan fingerprint density at radius 1 is 1.47 bits per heavy atom. The monoisotopic (exact) mass is 236 g/mol. The van der Waals surface area contributed by atoms with Crippen LogP contribution in [0.4, 0.5) is 0 Å². The Morgan fingerprint density at radius 3 is 3.06 bits per heavy atom. The van der Waals surface area contributed by atoms with Gasteiger partial charge in [0.15, 0.2) is 0 Å². The van der Waals surface area contributed by atoms with Crippen LogP contribution in [0.25, 0.3) is 0 Å². The second kappa shape index (κ2) is 6.22. The highest BCUT2D eigenvalue weighted by Gasteiger charge is 2.22. The van der Waals surface area contributed by atoms with Crippen LogP contribution in [0, 0.1) is 12.8 Å². The van der Waals surface area contributed by atoms with E-state index in [2.05, 4.69) is 23.2 Å². The maximum Gasteiger partial charge on any atom is 0.118 e. The van der Waals surface area contributed by atoms with Gasteiger partial charge in [0, 0.05) is 6.54 Å². The third kappa shape index (κ3) is 3.86. The van der Waals surface area contributed by atoms with Crippen molar-refractivity contribution < 1.29 is 4.42 Å². The van der Waals surface area contributed by atoms with Crippen LogP contribution in [0.15, 0.2) is 16.5 Å². The molecule has 0 aromatic carbocycles. The van der Waals surface area contributed by atoms with Crippen LogP contribution in [0.5, 0.6) is 0 Å². The molecular weight excluding hydrogens is 212 g/mol. The zero-order chi connectivity index (χ0) is 12.1. The van der Waals surface area contributed by atoms with Crippen LogP contribution in [0.3, 0.4) is 0 Å². The lowest BCUT2D eigenvalue weighted by Gasteiger charge is -2.14. The second-order valence-corrected chi connectivity index (χ2v) is 5.11. The van der Waals surface area contributed by atoms with Crippen LogP contribution in [-0.4, -0.2) is 31.1 Å². The van der Waals surface area contributed by atoms with Crippen molar-refractivity contribution in [2.75, 3.05) is 26.2 Å². The van der Waals surface area contributed by atoms with Crippen molar-refractivity contribution in [3.8, 4) is 0 Å². The van der Waals surface area contributed by atoms with Gasteiger partial charge in [-0.25, -0.2) is 0 Å². The Kier molecular flexibility index (Phi) is 4.63. The quantitative estimate of drug-likeness (QED) is 0.769. The van der Waals surface area contributed by atoms with E-state index in [4.69, 9.17) is 4.42 Å². The molecule has 0 aliphatic carbocycles. The van der Waals surface area contributed by atoms with Gasteiger partial charge < -0.3 is 9.73 Å². The molecule has 3 heteroatoms. The van der Waals surface area contributed by atoms with Crippen LogP contribution >= 0.6 is 0 Å². The molecule has 0 radical (unpaired) electrons. The Hall–Kier alpha value is -0.800. The molecule has 1 saturated heterocycles. The summed E-state index contributed by atoms with van der Waals surface area (Å²) in [4.78, 5) is 2.50. The summed E-state index contributed by atoms with van der Waals surface area (Å²) in [5.74, 6) is 2.93. The highest BCUT2D eigenvalue weighted by molar-refractivity contribution is 5.05. The number of nitrogens with one attached hydrogen (secondary N) is 1. The van der Waals surface area contributed by atoms with Gasteiger partial charge in [-0.3, -0.25) is 4.90 Å². The van der Waals surface area contributed by atoms with Gasteiger partial charge in [-0.15, -0.1) is 0 Å². The fraction of sp³-hybridized carbons (Fsp3) is 0.714. The summed E-state index contributed by atoms with van der Waals surface area (Å²) in [7, 11) is 0. The summed E-state index contributed by atoms with van der Waals surface area (Å²) in [6, 6.07) is 4.14. The van der Waals surface area contributed by atoms with Crippen molar-refractivity contribution in [3.05, 3.63) is 23.7 Å². The SMILES string of the molecule is CCCNCC1CCN(Cc2ccc(C)o2)C1. The van der Waals surface area contributed by atoms with Gasteiger partial charge in [-0.1, -0.05) is 6.92 Å². The average Bonchev–Trinajstić information content (AvgIpc) is 2.90. The summed E-state index contributed by atoms with van der Waals surface area (Å²) in [6.45, 7) is 9.92. The summed E-state index contributed by atoms with van der Waals surface area (Å²) in [5, 5.41) is 3.52. The van der Waals surface area contributed by atoms with Gasteiger partial charge in [-0.05, 0) is 57.5 Å². The molecule has 3 nitrogen and oxygen atoms in total. The molecule has 1 aliphatic rings. The minimum atomic E-state index is 0.817. The normalized spacial score (nSPS) is 21.2. The Balaban J connectivity index is 1.70. The molecule has 17 heavy (non-hydrogen) atoms.